The third-order valence-corrected chi connectivity index (χ3v) is 3.36. The van der Waals surface area contributed by atoms with Crippen molar-refractivity contribution in [2.75, 3.05) is 0 Å². The lowest BCUT2D eigenvalue weighted by atomic mass is 9.92. The van der Waals surface area contributed by atoms with E-state index in [0.717, 1.165) is 0 Å². The van der Waals surface area contributed by atoms with E-state index in [4.69, 9.17) is 5.26 Å². The Morgan fingerprint density at radius 1 is 1.18 bits per heavy atom. The molecule has 0 amide bonds. The molecule has 0 unspecified atom stereocenters. The standard InChI is InChI=1S/C14H9F2N/c15-14(16)12-4-2-1-3-10(12)11-6-5-9(8-17)7-13(11)14/h1-4,7H,5-6H2. The smallest absolute Gasteiger partial charge is 0.196 e. The highest BCUT2D eigenvalue weighted by Gasteiger charge is 2.45. The minimum absolute atomic E-state index is 0.0153. The zero-order chi connectivity index (χ0) is 12.0. The first-order valence-electron chi connectivity index (χ1n) is 5.46. The topological polar surface area (TPSA) is 23.8 Å². The fourth-order valence-corrected chi connectivity index (χ4v) is 2.54. The Morgan fingerprint density at radius 3 is 2.71 bits per heavy atom. The Balaban J connectivity index is 2.25. The molecule has 1 aromatic rings. The van der Waals surface area contributed by atoms with Crippen LogP contribution in [0.15, 0.2) is 41.5 Å². The number of benzene rings is 1. The lowest BCUT2D eigenvalue weighted by molar-refractivity contribution is 0.0457. The van der Waals surface area contributed by atoms with Crippen LogP contribution in [0.2, 0.25) is 0 Å². The largest absolute Gasteiger partial charge is 0.299 e. The monoisotopic (exact) mass is 229 g/mol. The van der Waals surface area contributed by atoms with Gasteiger partial charge in [0.1, 0.15) is 0 Å². The Labute approximate surface area is 97.7 Å². The van der Waals surface area contributed by atoms with Gasteiger partial charge in [-0.1, -0.05) is 24.3 Å². The first kappa shape index (κ1) is 10.2. The molecular formula is C14H9F2N. The molecule has 1 nitrogen and oxygen atoms in total. The average Bonchev–Trinajstić information content (AvgIpc) is 2.59. The number of alkyl halides is 2. The van der Waals surface area contributed by atoms with E-state index in [-0.39, 0.29) is 11.1 Å². The van der Waals surface area contributed by atoms with Crippen molar-refractivity contribution in [1.29, 1.82) is 5.26 Å². The highest BCUT2D eigenvalue weighted by atomic mass is 19.3. The van der Waals surface area contributed by atoms with Gasteiger partial charge < -0.3 is 0 Å². The van der Waals surface area contributed by atoms with Crippen molar-refractivity contribution in [2.24, 2.45) is 0 Å². The summed E-state index contributed by atoms with van der Waals surface area (Å²) in [6.07, 6.45) is 2.44. The number of hydrogen-bond acceptors (Lipinski definition) is 1. The molecule has 3 rings (SSSR count). The van der Waals surface area contributed by atoms with Crippen molar-refractivity contribution in [3.05, 3.63) is 52.6 Å². The molecule has 0 heterocycles. The number of nitriles is 1. The zero-order valence-electron chi connectivity index (χ0n) is 9.00. The molecule has 0 bridgehead atoms. The summed E-state index contributed by atoms with van der Waals surface area (Å²) >= 11 is 0. The van der Waals surface area contributed by atoms with Gasteiger partial charge >= 0.3 is 0 Å². The maximum Gasteiger partial charge on any atom is 0.299 e. The van der Waals surface area contributed by atoms with Gasteiger partial charge in [0.25, 0.3) is 5.92 Å². The molecule has 0 saturated carbocycles. The van der Waals surface area contributed by atoms with Crippen molar-refractivity contribution >= 4 is 5.57 Å². The first-order valence-corrected chi connectivity index (χ1v) is 5.46. The van der Waals surface area contributed by atoms with Crippen molar-refractivity contribution < 1.29 is 8.78 Å². The van der Waals surface area contributed by atoms with Crippen LogP contribution in [0.1, 0.15) is 24.0 Å². The summed E-state index contributed by atoms with van der Waals surface area (Å²) in [4.78, 5) is 0. The summed E-state index contributed by atoms with van der Waals surface area (Å²) in [6, 6.07) is 8.57. The normalized spacial score (nSPS) is 20.4. The third kappa shape index (κ3) is 1.27. The number of halogens is 2. The van der Waals surface area contributed by atoms with Gasteiger partial charge in [0.2, 0.25) is 0 Å². The molecule has 84 valence electrons. The van der Waals surface area contributed by atoms with Gasteiger partial charge in [-0.3, -0.25) is 0 Å². The maximum atomic E-state index is 14.2. The Kier molecular flexibility index (Phi) is 1.97. The number of nitrogens with zero attached hydrogens (tertiary/aromatic N) is 1. The number of hydrogen-bond donors (Lipinski definition) is 0. The molecule has 0 aliphatic heterocycles. The fourth-order valence-electron chi connectivity index (χ4n) is 2.54. The van der Waals surface area contributed by atoms with Gasteiger partial charge in [-0.2, -0.15) is 14.0 Å². The van der Waals surface area contributed by atoms with Crippen molar-refractivity contribution in [1.82, 2.24) is 0 Å². The molecule has 0 spiro atoms. The van der Waals surface area contributed by atoms with Gasteiger partial charge in [0.05, 0.1) is 6.07 Å². The van der Waals surface area contributed by atoms with Crippen LogP contribution in [0.3, 0.4) is 0 Å². The number of fused-ring (bicyclic) bond motifs is 2. The predicted molar refractivity (Wildman–Crippen MR) is 60.2 cm³/mol. The van der Waals surface area contributed by atoms with E-state index in [1.54, 1.807) is 18.2 Å². The van der Waals surface area contributed by atoms with Crippen LogP contribution >= 0.6 is 0 Å². The summed E-state index contributed by atoms with van der Waals surface area (Å²) < 4.78 is 28.3. The Bertz CT molecular complexity index is 603. The maximum absolute atomic E-state index is 14.2. The second kappa shape index (κ2) is 3.27. The van der Waals surface area contributed by atoms with E-state index in [2.05, 4.69) is 0 Å². The highest BCUT2D eigenvalue weighted by molar-refractivity contribution is 5.82. The molecule has 0 saturated heterocycles. The molecule has 3 heteroatoms. The van der Waals surface area contributed by atoms with Crippen LogP contribution in [-0.4, -0.2) is 0 Å². The quantitative estimate of drug-likeness (QED) is 0.664. The zero-order valence-corrected chi connectivity index (χ0v) is 9.00. The molecule has 17 heavy (non-hydrogen) atoms. The van der Waals surface area contributed by atoms with Crippen LogP contribution in [0.25, 0.3) is 5.57 Å². The molecule has 0 radical (unpaired) electrons. The van der Waals surface area contributed by atoms with Crippen LogP contribution in [0.5, 0.6) is 0 Å². The van der Waals surface area contributed by atoms with Crippen LogP contribution in [-0.2, 0) is 5.92 Å². The second-order valence-electron chi connectivity index (χ2n) is 4.29. The lowest BCUT2D eigenvalue weighted by Crippen LogP contribution is -2.13. The van der Waals surface area contributed by atoms with E-state index < -0.39 is 5.92 Å². The summed E-state index contributed by atoms with van der Waals surface area (Å²) in [7, 11) is 0. The lowest BCUT2D eigenvalue weighted by Gasteiger charge is -2.16. The molecule has 0 fully saturated rings. The minimum atomic E-state index is -2.95. The summed E-state index contributed by atoms with van der Waals surface area (Å²) in [5.41, 5.74) is 1.86. The molecule has 0 aromatic heterocycles. The van der Waals surface area contributed by atoms with Crippen LogP contribution in [0, 0.1) is 11.3 Å². The van der Waals surface area contributed by atoms with Crippen molar-refractivity contribution in [3.8, 4) is 6.07 Å². The van der Waals surface area contributed by atoms with E-state index in [1.165, 1.54) is 12.1 Å². The number of rotatable bonds is 0. The SMILES string of the molecule is N#CC1=CC2=C(CC1)c1ccccc1C2(F)F. The fraction of sp³-hybridized carbons (Fsp3) is 0.214. The molecular weight excluding hydrogens is 220 g/mol. The molecule has 0 N–H and O–H groups in total. The van der Waals surface area contributed by atoms with Crippen molar-refractivity contribution in [3.63, 3.8) is 0 Å². The van der Waals surface area contributed by atoms with Gasteiger partial charge in [-0.15, -0.1) is 0 Å². The first-order chi connectivity index (χ1) is 8.14. The van der Waals surface area contributed by atoms with Gasteiger partial charge in [-0.05, 0) is 30.1 Å². The summed E-state index contributed by atoms with van der Waals surface area (Å²) in [5.74, 6) is -2.95. The molecule has 2 aliphatic carbocycles. The Hall–Kier alpha value is -1.95. The van der Waals surface area contributed by atoms with E-state index in [0.29, 0.717) is 29.6 Å². The summed E-state index contributed by atoms with van der Waals surface area (Å²) in [6.45, 7) is 0. The van der Waals surface area contributed by atoms with E-state index >= 15 is 0 Å². The van der Waals surface area contributed by atoms with Crippen LogP contribution in [0.4, 0.5) is 8.78 Å². The second-order valence-corrected chi connectivity index (χ2v) is 4.29. The predicted octanol–water partition coefficient (Wildman–Crippen LogP) is 3.79. The Morgan fingerprint density at radius 2 is 1.94 bits per heavy atom. The van der Waals surface area contributed by atoms with Gasteiger partial charge in [0.15, 0.2) is 0 Å². The highest BCUT2D eigenvalue weighted by Crippen LogP contribution is 2.52. The van der Waals surface area contributed by atoms with Crippen molar-refractivity contribution in [2.45, 2.75) is 18.8 Å². The average molecular weight is 229 g/mol. The molecule has 0 atom stereocenters. The van der Waals surface area contributed by atoms with E-state index in [9.17, 15) is 8.78 Å². The minimum Gasteiger partial charge on any atom is -0.196 e. The number of allylic oxidation sites excluding steroid dienone is 4. The summed E-state index contributed by atoms with van der Waals surface area (Å²) in [5, 5.41) is 8.81. The van der Waals surface area contributed by atoms with Gasteiger partial charge in [0, 0.05) is 16.7 Å². The van der Waals surface area contributed by atoms with Gasteiger partial charge in [-0.25, -0.2) is 0 Å². The van der Waals surface area contributed by atoms with E-state index in [1.807, 2.05) is 6.07 Å². The van der Waals surface area contributed by atoms with Crippen LogP contribution < -0.4 is 0 Å². The molecule has 2 aliphatic rings. The molecule has 1 aromatic carbocycles. The third-order valence-electron chi connectivity index (χ3n) is 3.36.